The van der Waals surface area contributed by atoms with Gasteiger partial charge in [0.1, 0.15) is 17.2 Å². The number of carbonyl (C=O) groups is 1. The molecule has 1 amide bonds. The van der Waals surface area contributed by atoms with E-state index in [0.29, 0.717) is 22.3 Å². The number of aryl methyl sites for hydroxylation is 1. The third-order valence-electron chi connectivity index (χ3n) is 4.15. The molecule has 0 atom stereocenters. The maximum atomic E-state index is 14.3. The van der Waals surface area contributed by atoms with E-state index < -0.39 is 17.7 Å². The molecule has 1 aliphatic heterocycles. The lowest BCUT2D eigenvalue weighted by Gasteiger charge is -2.12. The van der Waals surface area contributed by atoms with E-state index in [2.05, 4.69) is 10.3 Å². The van der Waals surface area contributed by atoms with Gasteiger partial charge in [0.05, 0.1) is 17.8 Å². The molecular weight excluding hydrogens is 338 g/mol. The lowest BCUT2D eigenvalue weighted by Crippen LogP contribution is -2.09. The number of halogens is 4. The van der Waals surface area contributed by atoms with Crippen LogP contribution in [0.5, 0.6) is 0 Å². The average molecular weight is 349 g/mol. The number of carbonyl (C=O) groups excluding carboxylic acids is 1. The van der Waals surface area contributed by atoms with E-state index in [0.717, 1.165) is 6.07 Å². The Hall–Kier alpha value is -2.90. The second-order valence-electron chi connectivity index (χ2n) is 5.91. The molecule has 3 heterocycles. The zero-order valence-corrected chi connectivity index (χ0v) is 12.9. The minimum absolute atomic E-state index is 0.0274. The smallest absolute Gasteiger partial charge is 0.323 e. The number of hydrogen-bond donors (Lipinski definition) is 1. The van der Waals surface area contributed by atoms with Gasteiger partial charge < -0.3 is 5.32 Å². The molecule has 0 spiro atoms. The second kappa shape index (κ2) is 5.05. The van der Waals surface area contributed by atoms with Gasteiger partial charge in [-0.15, -0.1) is 0 Å². The minimum atomic E-state index is -4.57. The predicted molar refractivity (Wildman–Crippen MR) is 83.1 cm³/mol. The molecule has 4 nitrogen and oxygen atoms in total. The Morgan fingerprint density at radius 1 is 1.20 bits per heavy atom. The van der Waals surface area contributed by atoms with E-state index in [1.165, 1.54) is 16.7 Å². The minimum Gasteiger partial charge on any atom is -0.323 e. The van der Waals surface area contributed by atoms with Crippen molar-refractivity contribution in [2.75, 3.05) is 5.32 Å². The van der Waals surface area contributed by atoms with Gasteiger partial charge in [-0.2, -0.15) is 13.2 Å². The molecule has 3 aromatic rings. The van der Waals surface area contributed by atoms with E-state index in [1.807, 2.05) is 0 Å². The lowest BCUT2D eigenvalue weighted by atomic mass is 10.1. The van der Waals surface area contributed by atoms with Crippen LogP contribution in [-0.4, -0.2) is 15.5 Å². The normalized spacial score (nSPS) is 14.0. The number of nitrogens with one attached hydrogen (secondary N) is 1. The highest BCUT2D eigenvalue weighted by Gasteiger charge is 2.33. The summed E-state index contributed by atoms with van der Waals surface area (Å²) < 4.78 is 54.6. The number of amides is 1. The van der Waals surface area contributed by atoms with Gasteiger partial charge in [0.25, 0.3) is 0 Å². The summed E-state index contributed by atoms with van der Waals surface area (Å²) >= 11 is 0. The van der Waals surface area contributed by atoms with Gasteiger partial charge in [-0.1, -0.05) is 0 Å². The Labute approximate surface area is 139 Å². The van der Waals surface area contributed by atoms with Crippen LogP contribution >= 0.6 is 0 Å². The van der Waals surface area contributed by atoms with Crippen molar-refractivity contribution < 1.29 is 22.4 Å². The number of rotatable bonds is 1. The molecule has 0 saturated carbocycles. The fraction of sp³-hybridized carbons (Fsp3) is 0.176. The molecular formula is C17H11F4N3O. The molecule has 0 unspecified atom stereocenters. The highest BCUT2D eigenvalue weighted by Crippen LogP contribution is 2.33. The Balaban J connectivity index is 1.95. The van der Waals surface area contributed by atoms with Crippen molar-refractivity contribution in [3.63, 3.8) is 0 Å². The number of hydrogen-bond acceptors (Lipinski definition) is 2. The van der Waals surface area contributed by atoms with Crippen molar-refractivity contribution in [1.29, 1.82) is 0 Å². The van der Waals surface area contributed by atoms with Crippen LogP contribution in [0, 0.1) is 12.7 Å². The summed E-state index contributed by atoms with van der Waals surface area (Å²) in [5, 5.41) is 2.95. The van der Waals surface area contributed by atoms with Crippen LogP contribution in [0.1, 0.15) is 17.0 Å². The lowest BCUT2D eigenvalue weighted by molar-refractivity contribution is -0.141. The molecule has 0 bridgehead atoms. The molecule has 128 valence electrons. The molecule has 25 heavy (non-hydrogen) atoms. The summed E-state index contributed by atoms with van der Waals surface area (Å²) in [5.74, 6) is -0.954. The fourth-order valence-electron chi connectivity index (χ4n) is 3.10. The first-order valence-corrected chi connectivity index (χ1v) is 7.43. The first-order valence-electron chi connectivity index (χ1n) is 7.43. The summed E-state index contributed by atoms with van der Waals surface area (Å²) in [6.45, 7) is 1.70. The van der Waals surface area contributed by atoms with Crippen LogP contribution in [0.3, 0.4) is 0 Å². The number of fused-ring (bicyclic) bond motifs is 2. The molecule has 0 fully saturated rings. The van der Waals surface area contributed by atoms with Crippen molar-refractivity contribution in [3.8, 4) is 5.69 Å². The van der Waals surface area contributed by atoms with Crippen molar-refractivity contribution in [2.45, 2.75) is 19.5 Å². The van der Waals surface area contributed by atoms with Gasteiger partial charge in [0, 0.05) is 17.1 Å². The van der Waals surface area contributed by atoms with Crippen molar-refractivity contribution in [1.82, 2.24) is 9.55 Å². The summed E-state index contributed by atoms with van der Waals surface area (Å²) in [6, 6.07) is 6.70. The van der Waals surface area contributed by atoms with Gasteiger partial charge in [-0.3, -0.25) is 9.36 Å². The predicted octanol–water partition coefficient (Wildman–Crippen LogP) is 3.99. The highest BCUT2D eigenvalue weighted by molar-refractivity contribution is 5.99. The number of aromatic nitrogens is 2. The number of anilines is 1. The SMILES string of the molecule is Cc1cc2ccc(C(F)(F)F)nc2n1-c1cc(F)c2c(c1)CC(=O)N2. The van der Waals surface area contributed by atoms with E-state index in [1.54, 1.807) is 19.1 Å². The van der Waals surface area contributed by atoms with Gasteiger partial charge >= 0.3 is 6.18 Å². The quantitative estimate of drug-likeness (QED) is 0.676. The van der Waals surface area contributed by atoms with Crippen LogP contribution in [0.25, 0.3) is 16.7 Å². The van der Waals surface area contributed by atoms with Crippen molar-refractivity contribution in [3.05, 3.63) is 53.1 Å². The number of alkyl halides is 3. The Bertz CT molecular complexity index is 1040. The van der Waals surface area contributed by atoms with Crippen molar-refractivity contribution >= 4 is 22.6 Å². The average Bonchev–Trinajstić information content (AvgIpc) is 3.04. The molecule has 0 aliphatic carbocycles. The van der Waals surface area contributed by atoms with E-state index in [9.17, 15) is 22.4 Å². The first-order chi connectivity index (χ1) is 11.7. The van der Waals surface area contributed by atoms with Crippen LogP contribution < -0.4 is 5.32 Å². The highest BCUT2D eigenvalue weighted by atomic mass is 19.4. The molecule has 4 rings (SSSR count). The van der Waals surface area contributed by atoms with Gasteiger partial charge in [-0.05, 0) is 36.8 Å². The Morgan fingerprint density at radius 2 is 1.96 bits per heavy atom. The largest absolute Gasteiger partial charge is 0.433 e. The molecule has 8 heteroatoms. The summed E-state index contributed by atoms with van der Waals surface area (Å²) in [5.41, 5.74) is 0.590. The molecule has 1 aliphatic rings. The maximum Gasteiger partial charge on any atom is 0.433 e. The molecule has 0 saturated heterocycles. The van der Waals surface area contributed by atoms with Crippen LogP contribution in [0.2, 0.25) is 0 Å². The third kappa shape index (κ3) is 2.45. The van der Waals surface area contributed by atoms with Gasteiger partial charge in [0.2, 0.25) is 5.91 Å². The topological polar surface area (TPSA) is 46.9 Å². The zero-order chi connectivity index (χ0) is 17.9. The van der Waals surface area contributed by atoms with Crippen molar-refractivity contribution in [2.24, 2.45) is 0 Å². The molecule has 2 aromatic heterocycles. The van der Waals surface area contributed by atoms with E-state index >= 15 is 0 Å². The maximum absolute atomic E-state index is 14.3. The summed E-state index contributed by atoms with van der Waals surface area (Å²) in [7, 11) is 0. The van der Waals surface area contributed by atoms with Gasteiger partial charge in [0.15, 0.2) is 0 Å². The fourth-order valence-corrected chi connectivity index (χ4v) is 3.10. The molecule has 1 aromatic carbocycles. The van der Waals surface area contributed by atoms with E-state index in [4.69, 9.17) is 0 Å². The first kappa shape index (κ1) is 15.6. The molecule has 0 radical (unpaired) electrons. The standard InChI is InChI=1S/C17H11F4N3O/c1-8-4-9-2-3-13(17(19,20)21)22-16(9)24(8)11-5-10-6-14(25)23-15(10)12(18)7-11/h2-5,7H,6H2,1H3,(H,23,25). The summed E-state index contributed by atoms with van der Waals surface area (Å²) in [4.78, 5) is 15.2. The van der Waals surface area contributed by atoms with Gasteiger partial charge in [-0.25, -0.2) is 9.37 Å². The zero-order valence-electron chi connectivity index (χ0n) is 12.9. The number of pyridine rings is 1. The number of benzene rings is 1. The monoisotopic (exact) mass is 349 g/mol. The Kier molecular flexibility index (Phi) is 3.15. The second-order valence-corrected chi connectivity index (χ2v) is 5.91. The van der Waals surface area contributed by atoms with E-state index in [-0.39, 0.29) is 23.7 Å². The number of nitrogens with zero attached hydrogens (tertiary/aromatic N) is 2. The summed E-state index contributed by atoms with van der Waals surface area (Å²) in [6.07, 6.45) is -4.55. The van der Waals surface area contributed by atoms with Crippen LogP contribution in [0.4, 0.5) is 23.2 Å². The van der Waals surface area contributed by atoms with Crippen LogP contribution in [-0.2, 0) is 17.4 Å². The van der Waals surface area contributed by atoms with Crippen LogP contribution in [0.15, 0.2) is 30.3 Å². The third-order valence-corrected chi connectivity index (χ3v) is 4.15. The Morgan fingerprint density at radius 3 is 2.68 bits per heavy atom. The molecule has 1 N–H and O–H groups in total.